The summed E-state index contributed by atoms with van der Waals surface area (Å²) < 4.78 is 14.0. The number of hydrogen-bond donors (Lipinski definition) is 2. The molecular formula is C20H33FN6. The van der Waals surface area contributed by atoms with Crippen molar-refractivity contribution in [2.45, 2.75) is 45.1 Å². The monoisotopic (exact) mass is 376 g/mol. The number of aliphatic imine (C=N–C) groups is 1. The third-order valence-corrected chi connectivity index (χ3v) is 5.30. The van der Waals surface area contributed by atoms with Crippen LogP contribution in [0.25, 0.3) is 0 Å². The molecule has 0 aromatic carbocycles. The van der Waals surface area contributed by atoms with Gasteiger partial charge >= 0.3 is 0 Å². The SMILES string of the molecule is CCNC(=NCCN1CCCCCC1)NC1CCN(c2ncccc2F)C1. The summed E-state index contributed by atoms with van der Waals surface area (Å²) in [5.74, 6) is 1.06. The van der Waals surface area contributed by atoms with Crippen LogP contribution in [0.3, 0.4) is 0 Å². The van der Waals surface area contributed by atoms with E-state index in [4.69, 9.17) is 4.99 Å². The van der Waals surface area contributed by atoms with Gasteiger partial charge in [0.15, 0.2) is 17.6 Å². The molecule has 2 aliphatic heterocycles. The maximum atomic E-state index is 14.0. The van der Waals surface area contributed by atoms with Crippen molar-refractivity contribution < 1.29 is 4.39 Å². The van der Waals surface area contributed by atoms with E-state index in [9.17, 15) is 4.39 Å². The van der Waals surface area contributed by atoms with Crippen LogP contribution in [0.4, 0.5) is 10.2 Å². The van der Waals surface area contributed by atoms with Gasteiger partial charge in [-0.15, -0.1) is 0 Å². The Labute approximate surface area is 162 Å². The van der Waals surface area contributed by atoms with Crippen LogP contribution in [0.2, 0.25) is 0 Å². The smallest absolute Gasteiger partial charge is 0.191 e. The van der Waals surface area contributed by atoms with Crippen molar-refractivity contribution in [2.24, 2.45) is 4.99 Å². The van der Waals surface area contributed by atoms with Crippen LogP contribution >= 0.6 is 0 Å². The molecular weight excluding hydrogens is 343 g/mol. The minimum atomic E-state index is -0.254. The van der Waals surface area contributed by atoms with Crippen LogP contribution in [0.1, 0.15) is 39.0 Å². The average molecular weight is 377 g/mol. The minimum Gasteiger partial charge on any atom is -0.357 e. The Morgan fingerprint density at radius 2 is 2.07 bits per heavy atom. The molecule has 0 spiro atoms. The Hall–Kier alpha value is -1.89. The predicted octanol–water partition coefficient (Wildman–Crippen LogP) is 2.23. The number of hydrogen-bond acceptors (Lipinski definition) is 4. The standard InChI is InChI=1S/C20H33FN6/c1-2-22-20(24-11-15-26-12-5-3-4-6-13-26)25-17-9-14-27(16-17)19-18(21)8-7-10-23-19/h7-8,10,17H,2-6,9,11-16H2,1H3,(H2,22,24,25). The lowest BCUT2D eigenvalue weighted by Gasteiger charge is -2.21. The minimum absolute atomic E-state index is 0.252. The van der Waals surface area contributed by atoms with Crippen LogP contribution in [0, 0.1) is 5.82 Å². The van der Waals surface area contributed by atoms with E-state index in [1.165, 1.54) is 44.8 Å². The number of nitrogens with zero attached hydrogens (tertiary/aromatic N) is 4. The molecule has 6 nitrogen and oxygen atoms in total. The topological polar surface area (TPSA) is 55.8 Å². The van der Waals surface area contributed by atoms with Crippen molar-refractivity contribution in [2.75, 3.05) is 50.7 Å². The fraction of sp³-hybridized carbons (Fsp3) is 0.700. The van der Waals surface area contributed by atoms with Gasteiger partial charge < -0.3 is 20.4 Å². The van der Waals surface area contributed by atoms with E-state index < -0.39 is 0 Å². The molecule has 1 aromatic rings. The van der Waals surface area contributed by atoms with E-state index in [1.807, 2.05) is 4.90 Å². The van der Waals surface area contributed by atoms with E-state index in [2.05, 4.69) is 27.4 Å². The fourth-order valence-corrected chi connectivity index (χ4v) is 3.86. The van der Waals surface area contributed by atoms with Crippen molar-refractivity contribution in [3.8, 4) is 0 Å². The van der Waals surface area contributed by atoms with Gasteiger partial charge in [0, 0.05) is 38.4 Å². The van der Waals surface area contributed by atoms with Crippen LogP contribution in [0.15, 0.2) is 23.3 Å². The molecule has 150 valence electrons. The van der Waals surface area contributed by atoms with Gasteiger partial charge in [0.1, 0.15) is 0 Å². The van der Waals surface area contributed by atoms with Gasteiger partial charge in [0.25, 0.3) is 0 Å². The van der Waals surface area contributed by atoms with Gasteiger partial charge in [-0.05, 0) is 51.4 Å². The molecule has 0 bridgehead atoms. The van der Waals surface area contributed by atoms with Crippen LogP contribution < -0.4 is 15.5 Å². The fourth-order valence-electron chi connectivity index (χ4n) is 3.86. The third-order valence-electron chi connectivity index (χ3n) is 5.30. The second-order valence-corrected chi connectivity index (χ2v) is 7.40. The van der Waals surface area contributed by atoms with Gasteiger partial charge in [0.05, 0.1) is 6.54 Å². The number of pyridine rings is 1. The van der Waals surface area contributed by atoms with E-state index in [0.29, 0.717) is 5.82 Å². The first-order valence-corrected chi connectivity index (χ1v) is 10.4. The zero-order valence-corrected chi connectivity index (χ0v) is 16.5. The van der Waals surface area contributed by atoms with Crippen LogP contribution in [-0.2, 0) is 0 Å². The van der Waals surface area contributed by atoms with Crippen molar-refractivity contribution in [1.82, 2.24) is 20.5 Å². The van der Waals surface area contributed by atoms with Gasteiger partial charge in [-0.1, -0.05) is 12.8 Å². The molecule has 1 atom stereocenters. The zero-order valence-electron chi connectivity index (χ0n) is 16.5. The van der Waals surface area contributed by atoms with Gasteiger partial charge in [-0.3, -0.25) is 4.99 Å². The quantitative estimate of drug-likeness (QED) is 0.589. The maximum absolute atomic E-state index is 14.0. The summed E-state index contributed by atoms with van der Waals surface area (Å²) in [4.78, 5) is 13.5. The van der Waals surface area contributed by atoms with E-state index in [1.54, 1.807) is 12.3 Å². The van der Waals surface area contributed by atoms with Crippen molar-refractivity contribution in [3.05, 3.63) is 24.1 Å². The molecule has 1 aromatic heterocycles. The molecule has 2 aliphatic rings. The molecule has 0 aliphatic carbocycles. The Kier molecular flexibility index (Phi) is 7.68. The Bertz CT molecular complexity index is 600. The van der Waals surface area contributed by atoms with Crippen molar-refractivity contribution >= 4 is 11.8 Å². The highest BCUT2D eigenvalue weighted by atomic mass is 19.1. The molecule has 0 amide bonds. The summed E-state index contributed by atoms with van der Waals surface area (Å²) >= 11 is 0. The van der Waals surface area contributed by atoms with E-state index in [0.717, 1.165) is 45.1 Å². The largest absolute Gasteiger partial charge is 0.357 e. The van der Waals surface area contributed by atoms with Crippen molar-refractivity contribution in [1.29, 1.82) is 0 Å². The second kappa shape index (κ2) is 10.4. The lowest BCUT2D eigenvalue weighted by Crippen LogP contribution is -2.45. The first-order valence-electron chi connectivity index (χ1n) is 10.4. The van der Waals surface area contributed by atoms with Gasteiger partial charge in [0.2, 0.25) is 0 Å². The summed E-state index contributed by atoms with van der Waals surface area (Å²) in [7, 11) is 0. The zero-order chi connectivity index (χ0) is 18.9. The first kappa shape index (κ1) is 19.9. The number of guanidine groups is 1. The van der Waals surface area contributed by atoms with Crippen LogP contribution in [0.5, 0.6) is 0 Å². The third kappa shape index (κ3) is 6.06. The highest BCUT2D eigenvalue weighted by molar-refractivity contribution is 5.80. The summed E-state index contributed by atoms with van der Waals surface area (Å²) in [5.41, 5.74) is 0. The molecule has 0 radical (unpaired) electrons. The number of likely N-dealkylation sites (tertiary alicyclic amines) is 1. The van der Waals surface area contributed by atoms with Gasteiger partial charge in [-0.2, -0.15) is 0 Å². The summed E-state index contributed by atoms with van der Waals surface area (Å²) in [6.45, 7) is 8.69. The highest BCUT2D eigenvalue weighted by Gasteiger charge is 2.25. The molecule has 3 rings (SSSR count). The maximum Gasteiger partial charge on any atom is 0.191 e. The number of halogens is 1. The number of rotatable bonds is 6. The second-order valence-electron chi connectivity index (χ2n) is 7.40. The van der Waals surface area contributed by atoms with E-state index in [-0.39, 0.29) is 11.9 Å². The molecule has 2 saturated heterocycles. The average Bonchev–Trinajstić information content (AvgIpc) is 2.96. The number of aromatic nitrogens is 1. The molecule has 2 N–H and O–H groups in total. The summed E-state index contributed by atoms with van der Waals surface area (Å²) in [6, 6.07) is 3.35. The normalized spacial score (nSPS) is 21.9. The van der Waals surface area contributed by atoms with Crippen molar-refractivity contribution in [3.63, 3.8) is 0 Å². The molecule has 2 fully saturated rings. The molecule has 7 heteroatoms. The Morgan fingerprint density at radius 1 is 1.26 bits per heavy atom. The highest BCUT2D eigenvalue weighted by Crippen LogP contribution is 2.20. The van der Waals surface area contributed by atoms with Crippen LogP contribution in [-0.4, -0.2) is 67.7 Å². The number of nitrogens with one attached hydrogen (secondary N) is 2. The molecule has 0 saturated carbocycles. The van der Waals surface area contributed by atoms with E-state index >= 15 is 0 Å². The Balaban J connectivity index is 1.49. The summed E-state index contributed by atoms with van der Waals surface area (Å²) in [5, 5.41) is 6.85. The Morgan fingerprint density at radius 3 is 2.81 bits per heavy atom. The summed E-state index contributed by atoms with van der Waals surface area (Å²) in [6.07, 6.45) is 7.94. The van der Waals surface area contributed by atoms with Gasteiger partial charge in [-0.25, -0.2) is 9.37 Å². The number of anilines is 1. The predicted molar refractivity (Wildman–Crippen MR) is 109 cm³/mol. The lowest BCUT2D eigenvalue weighted by atomic mass is 10.2. The molecule has 1 unspecified atom stereocenters. The lowest BCUT2D eigenvalue weighted by molar-refractivity contribution is 0.293. The first-order chi connectivity index (χ1) is 13.3. The molecule has 3 heterocycles. The molecule has 27 heavy (non-hydrogen) atoms.